The normalized spacial score (nSPS) is 41.6. The van der Waals surface area contributed by atoms with Gasteiger partial charge in [-0.1, -0.05) is 30.2 Å². The van der Waals surface area contributed by atoms with Crippen LogP contribution in [0.15, 0.2) is 23.3 Å². The third-order valence-corrected chi connectivity index (χ3v) is 7.34. The van der Waals surface area contributed by atoms with Crippen LogP contribution in [-0.2, 0) is 0 Å². The summed E-state index contributed by atoms with van der Waals surface area (Å²) in [5.74, 6) is 1.38. The standard InChI is InChI=1S/C23H38O3/c1-22(2,26)12-10-18-8-9-21-17(5-4-11-23(18,21)3)7-6-16-13-19(24)15-20(25)14-16/h6-7,18-21,24-26H,4-5,8-15H2,1-3H3/b16-6-,17-7+/t18?,19?,20-,21?,23-/m1/s1. The van der Waals surface area contributed by atoms with Crippen LogP contribution in [0.4, 0.5) is 0 Å². The van der Waals surface area contributed by atoms with Crippen LogP contribution in [-0.4, -0.2) is 33.1 Å². The van der Waals surface area contributed by atoms with Gasteiger partial charge in [-0.2, -0.15) is 0 Å². The van der Waals surface area contributed by atoms with Crippen LogP contribution in [0.3, 0.4) is 0 Å². The van der Waals surface area contributed by atoms with Crippen molar-refractivity contribution >= 4 is 0 Å². The summed E-state index contributed by atoms with van der Waals surface area (Å²) < 4.78 is 0. The fraction of sp³-hybridized carbons (Fsp3) is 0.826. The molecule has 0 aromatic rings. The molecule has 0 aliphatic heterocycles. The van der Waals surface area contributed by atoms with E-state index in [4.69, 9.17) is 0 Å². The van der Waals surface area contributed by atoms with Gasteiger partial charge in [0.05, 0.1) is 17.8 Å². The summed E-state index contributed by atoms with van der Waals surface area (Å²) in [5.41, 5.74) is 2.58. The van der Waals surface area contributed by atoms with Crippen LogP contribution >= 0.6 is 0 Å². The molecule has 0 spiro atoms. The molecule has 3 unspecified atom stereocenters. The molecule has 3 aliphatic rings. The number of rotatable bonds is 4. The Balaban J connectivity index is 1.71. The van der Waals surface area contributed by atoms with E-state index >= 15 is 0 Å². The second kappa shape index (κ2) is 7.77. The van der Waals surface area contributed by atoms with E-state index in [0.717, 1.165) is 12.8 Å². The van der Waals surface area contributed by atoms with Gasteiger partial charge in [0.25, 0.3) is 0 Å². The molecule has 0 saturated heterocycles. The average molecular weight is 363 g/mol. The first-order valence-corrected chi connectivity index (χ1v) is 10.6. The van der Waals surface area contributed by atoms with Gasteiger partial charge >= 0.3 is 0 Å². The molecule has 3 rings (SSSR count). The van der Waals surface area contributed by atoms with E-state index in [0.29, 0.717) is 36.5 Å². The van der Waals surface area contributed by atoms with Crippen LogP contribution in [0.1, 0.15) is 85.0 Å². The van der Waals surface area contributed by atoms with Crippen LogP contribution in [0.5, 0.6) is 0 Å². The monoisotopic (exact) mass is 362 g/mol. The quantitative estimate of drug-likeness (QED) is 0.689. The first kappa shape index (κ1) is 20.1. The molecule has 26 heavy (non-hydrogen) atoms. The van der Waals surface area contributed by atoms with E-state index in [2.05, 4.69) is 19.1 Å². The highest BCUT2D eigenvalue weighted by Gasteiger charge is 2.48. The van der Waals surface area contributed by atoms with Crippen LogP contribution in [0.25, 0.3) is 0 Å². The lowest BCUT2D eigenvalue weighted by atomic mass is 9.62. The Morgan fingerprint density at radius 2 is 1.81 bits per heavy atom. The molecule has 148 valence electrons. The smallest absolute Gasteiger partial charge is 0.0602 e. The summed E-state index contributed by atoms with van der Waals surface area (Å²) in [6.45, 7) is 6.33. The van der Waals surface area contributed by atoms with Crippen molar-refractivity contribution in [1.29, 1.82) is 0 Å². The van der Waals surface area contributed by atoms with E-state index < -0.39 is 17.8 Å². The molecule has 5 atom stereocenters. The summed E-state index contributed by atoms with van der Waals surface area (Å²) in [6.07, 6.45) is 14.0. The molecule has 0 heterocycles. The maximum absolute atomic E-state index is 10.1. The average Bonchev–Trinajstić information content (AvgIpc) is 2.86. The number of aliphatic hydroxyl groups excluding tert-OH is 2. The molecule has 0 bridgehead atoms. The third-order valence-electron chi connectivity index (χ3n) is 7.34. The van der Waals surface area contributed by atoms with E-state index in [-0.39, 0.29) is 0 Å². The minimum absolute atomic E-state index is 0.374. The third kappa shape index (κ3) is 4.61. The fourth-order valence-corrected chi connectivity index (χ4v) is 5.88. The highest BCUT2D eigenvalue weighted by molar-refractivity contribution is 5.26. The Labute approximate surface area is 159 Å². The zero-order chi connectivity index (χ0) is 18.9. The first-order valence-electron chi connectivity index (χ1n) is 10.6. The lowest BCUT2D eigenvalue weighted by Gasteiger charge is -2.43. The molecule has 0 aromatic heterocycles. The predicted molar refractivity (Wildman–Crippen MR) is 106 cm³/mol. The SMILES string of the molecule is CC(C)(O)CCC1CCC2/C(=C/C=C3/CC(O)C[C@H](O)C3)CCC[C@]12C. The fourth-order valence-electron chi connectivity index (χ4n) is 5.88. The van der Waals surface area contributed by atoms with E-state index in [9.17, 15) is 15.3 Å². The van der Waals surface area contributed by atoms with Crippen molar-refractivity contribution in [3.63, 3.8) is 0 Å². The Morgan fingerprint density at radius 1 is 1.12 bits per heavy atom. The van der Waals surface area contributed by atoms with E-state index in [1.54, 1.807) is 5.57 Å². The van der Waals surface area contributed by atoms with E-state index in [1.807, 2.05) is 13.8 Å². The van der Waals surface area contributed by atoms with Crippen molar-refractivity contribution < 1.29 is 15.3 Å². The summed E-state index contributed by atoms with van der Waals surface area (Å²) in [4.78, 5) is 0. The molecular weight excluding hydrogens is 324 g/mol. The molecule has 0 aromatic carbocycles. The molecule has 3 saturated carbocycles. The highest BCUT2D eigenvalue weighted by atomic mass is 16.3. The maximum Gasteiger partial charge on any atom is 0.0602 e. The van der Waals surface area contributed by atoms with Crippen molar-refractivity contribution in [1.82, 2.24) is 0 Å². The largest absolute Gasteiger partial charge is 0.393 e. The van der Waals surface area contributed by atoms with Gasteiger partial charge in [-0.15, -0.1) is 0 Å². The zero-order valence-corrected chi connectivity index (χ0v) is 16.9. The molecule has 0 radical (unpaired) electrons. The van der Waals surface area contributed by atoms with Crippen molar-refractivity contribution in [2.75, 3.05) is 0 Å². The second-order valence-electron chi connectivity index (χ2n) is 10.1. The molecule has 3 nitrogen and oxygen atoms in total. The number of hydrogen-bond donors (Lipinski definition) is 3. The predicted octanol–water partition coefficient (Wildman–Crippen LogP) is 4.51. The van der Waals surface area contributed by atoms with Gasteiger partial charge in [-0.25, -0.2) is 0 Å². The van der Waals surface area contributed by atoms with Gasteiger partial charge in [0.15, 0.2) is 0 Å². The van der Waals surface area contributed by atoms with Crippen LogP contribution in [0, 0.1) is 17.3 Å². The number of fused-ring (bicyclic) bond motifs is 1. The summed E-state index contributed by atoms with van der Waals surface area (Å²) in [7, 11) is 0. The summed E-state index contributed by atoms with van der Waals surface area (Å²) in [6, 6.07) is 0. The van der Waals surface area contributed by atoms with Crippen molar-refractivity contribution in [2.45, 2.75) is 103 Å². The molecule has 3 heteroatoms. The first-order chi connectivity index (χ1) is 12.2. The van der Waals surface area contributed by atoms with Crippen LogP contribution < -0.4 is 0 Å². The topological polar surface area (TPSA) is 60.7 Å². The molecule has 3 aliphatic carbocycles. The Kier molecular flexibility index (Phi) is 6.01. The number of allylic oxidation sites excluding steroid dienone is 3. The Bertz CT molecular complexity index is 544. The van der Waals surface area contributed by atoms with Crippen LogP contribution in [0.2, 0.25) is 0 Å². The molecule has 3 N–H and O–H groups in total. The van der Waals surface area contributed by atoms with Crippen molar-refractivity contribution in [2.24, 2.45) is 17.3 Å². The lowest BCUT2D eigenvalue weighted by Crippen LogP contribution is -2.34. The zero-order valence-electron chi connectivity index (χ0n) is 16.9. The van der Waals surface area contributed by atoms with Gasteiger partial charge in [-0.05, 0) is 95.3 Å². The van der Waals surface area contributed by atoms with Gasteiger partial charge in [0, 0.05) is 0 Å². The Hall–Kier alpha value is -0.640. The summed E-state index contributed by atoms with van der Waals surface area (Å²) in [5, 5.41) is 29.9. The molecular formula is C23H38O3. The maximum atomic E-state index is 10.1. The highest BCUT2D eigenvalue weighted by Crippen LogP contribution is 2.58. The van der Waals surface area contributed by atoms with Gasteiger partial charge in [-0.3, -0.25) is 0 Å². The summed E-state index contributed by atoms with van der Waals surface area (Å²) >= 11 is 0. The van der Waals surface area contributed by atoms with Gasteiger partial charge in [0.2, 0.25) is 0 Å². The van der Waals surface area contributed by atoms with Crippen molar-refractivity contribution in [3.05, 3.63) is 23.3 Å². The Morgan fingerprint density at radius 3 is 2.46 bits per heavy atom. The van der Waals surface area contributed by atoms with E-state index in [1.165, 1.54) is 37.7 Å². The van der Waals surface area contributed by atoms with Crippen molar-refractivity contribution in [3.8, 4) is 0 Å². The lowest BCUT2D eigenvalue weighted by molar-refractivity contribution is 0.0479. The molecule has 0 amide bonds. The van der Waals surface area contributed by atoms with Gasteiger partial charge in [0.1, 0.15) is 0 Å². The minimum atomic E-state index is -0.561. The van der Waals surface area contributed by atoms with Gasteiger partial charge < -0.3 is 15.3 Å². The second-order valence-corrected chi connectivity index (χ2v) is 10.1. The minimum Gasteiger partial charge on any atom is -0.393 e. The number of hydrogen-bond acceptors (Lipinski definition) is 3. The molecule has 3 fully saturated rings. The number of aliphatic hydroxyl groups is 3.